The van der Waals surface area contributed by atoms with E-state index >= 15 is 0 Å². The van der Waals surface area contributed by atoms with Crippen LogP contribution >= 0.6 is 0 Å². The van der Waals surface area contributed by atoms with Crippen LogP contribution < -0.4 is 19.7 Å². The standard InChI is InChI=1S/C28H33N7O3S/c1-5-24-26(25-19(2)7-6-8-20(25)3)31-28(33-39(36,37)23-17-30-34(4)18-23)32-27(24)38-22-11-9-21(10-12-22)35-15-13-29-14-16-35/h6-12,17-18,29H,5,13-16H2,1-4H3,(H,31,32,33). The van der Waals surface area contributed by atoms with Crippen LogP contribution in [-0.2, 0) is 23.5 Å². The van der Waals surface area contributed by atoms with Gasteiger partial charge in [0, 0.05) is 56.2 Å². The van der Waals surface area contributed by atoms with Crippen molar-refractivity contribution in [3.8, 4) is 22.9 Å². The van der Waals surface area contributed by atoms with Gasteiger partial charge in [0.2, 0.25) is 11.8 Å². The zero-order valence-corrected chi connectivity index (χ0v) is 23.4. The predicted octanol–water partition coefficient (Wildman–Crippen LogP) is 4.06. The molecule has 1 saturated heterocycles. The van der Waals surface area contributed by atoms with Gasteiger partial charge in [-0.2, -0.15) is 10.1 Å². The third-order valence-electron chi connectivity index (χ3n) is 6.79. The molecule has 39 heavy (non-hydrogen) atoms. The number of aromatic nitrogens is 4. The molecule has 2 N–H and O–H groups in total. The van der Waals surface area contributed by atoms with Gasteiger partial charge >= 0.3 is 0 Å². The lowest BCUT2D eigenvalue weighted by Crippen LogP contribution is -2.43. The molecule has 204 valence electrons. The van der Waals surface area contributed by atoms with Crippen LogP contribution in [0.2, 0.25) is 0 Å². The highest BCUT2D eigenvalue weighted by molar-refractivity contribution is 7.92. The number of benzene rings is 2. The van der Waals surface area contributed by atoms with Crippen molar-refractivity contribution < 1.29 is 13.2 Å². The zero-order chi connectivity index (χ0) is 27.6. The summed E-state index contributed by atoms with van der Waals surface area (Å²) in [6.07, 6.45) is 3.30. The summed E-state index contributed by atoms with van der Waals surface area (Å²) in [5, 5.41) is 7.35. The smallest absolute Gasteiger partial charge is 0.267 e. The number of hydrogen-bond donors (Lipinski definition) is 2. The molecule has 3 heterocycles. The topological polar surface area (TPSA) is 114 Å². The first-order valence-electron chi connectivity index (χ1n) is 13.0. The molecule has 2 aromatic heterocycles. The summed E-state index contributed by atoms with van der Waals surface area (Å²) < 4.78 is 36.5. The minimum absolute atomic E-state index is 0.0211. The average molecular weight is 548 g/mol. The predicted molar refractivity (Wildman–Crippen MR) is 152 cm³/mol. The van der Waals surface area contributed by atoms with E-state index in [0.29, 0.717) is 23.7 Å². The molecule has 11 heteroatoms. The number of ether oxygens (including phenoxy) is 1. The maximum absolute atomic E-state index is 13.1. The van der Waals surface area contributed by atoms with Gasteiger partial charge < -0.3 is 15.0 Å². The fraction of sp³-hybridized carbons (Fsp3) is 0.321. The van der Waals surface area contributed by atoms with Crippen LogP contribution in [0.25, 0.3) is 11.3 Å². The summed E-state index contributed by atoms with van der Waals surface area (Å²) >= 11 is 0. The summed E-state index contributed by atoms with van der Waals surface area (Å²) in [5.41, 5.74) is 5.54. The molecule has 0 saturated carbocycles. The largest absolute Gasteiger partial charge is 0.439 e. The second-order valence-electron chi connectivity index (χ2n) is 9.59. The molecule has 5 rings (SSSR count). The molecular weight excluding hydrogens is 514 g/mol. The van der Waals surface area contributed by atoms with Crippen molar-refractivity contribution in [2.45, 2.75) is 32.1 Å². The van der Waals surface area contributed by atoms with Crippen molar-refractivity contribution in [3.05, 3.63) is 71.5 Å². The molecule has 0 bridgehead atoms. The molecule has 0 spiro atoms. The van der Waals surface area contributed by atoms with Crippen molar-refractivity contribution in [1.82, 2.24) is 25.1 Å². The number of aryl methyl sites for hydroxylation is 3. The molecule has 1 aliphatic heterocycles. The Kier molecular flexibility index (Phi) is 7.53. The van der Waals surface area contributed by atoms with Crippen molar-refractivity contribution in [3.63, 3.8) is 0 Å². The molecule has 4 aromatic rings. The minimum atomic E-state index is -3.96. The summed E-state index contributed by atoms with van der Waals surface area (Å²) in [6, 6.07) is 13.9. The van der Waals surface area contributed by atoms with E-state index in [0.717, 1.165) is 54.1 Å². The number of piperazine rings is 1. The molecule has 10 nitrogen and oxygen atoms in total. The van der Waals surface area contributed by atoms with Gasteiger partial charge in [-0.1, -0.05) is 25.1 Å². The lowest BCUT2D eigenvalue weighted by molar-refractivity contribution is 0.456. The Morgan fingerprint density at radius 3 is 2.33 bits per heavy atom. The van der Waals surface area contributed by atoms with E-state index in [1.807, 2.05) is 63.2 Å². The van der Waals surface area contributed by atoms with E-state index in [-0.39, 0.29) is 10.8 Å². The Morgan fingerprint density at radius 1 is 1.03 bits per heavy atom. The Balaban J connectivity index is 1.56. The second kappa shape index (κ2) is 11.0. The average Bonchev–Trinajstić information content (AvgIpc) is 3.37. The van der Waals surface area contributed by atoms with Gasteiger partial charge in [0.15, 0.2) is 0 Å². The SMILES string of the molecule is CCc1c(Oc2ccc(N3CCNCC3)cc2)nc(NS(=O)(=O)c2cnn(C)c2)nc1-c1c(C)cccc1C. The maximum Gasteiger partial charge on any atom is 0.267 e. The minimum Gasteiger partial charge on any atom is -0.439 e. The molecule has 2 aromatic carbocycles. The lowest BCUT2D eigenvalue weighted by Gasteiger charge is -2.29. The summed E-state index contributed by atoms with van der Waals surface area (Å²) in [7, 11) is -2.31. The van der Waals surface area contributed by atoms with Crippen LogP contribution in [0.5, 0.6) is 11.6 Å². The Hall–Kier alpha value is -3.96. The number of rotatable bonds is 8. The first kappa shape index (κ1) is 26.6. The molecule has 0 unspecified atom stereocenters. The van der Waals surface area contributed by atoms with Crippen molar-refractivity contribution >= 4 is 21.7 Å². The zero-order valence-electron chi connectivity index (χ0n) is 22.6. The number of sulfonamides is 1. The number of nitrogens with zero attached hydrogens (tertiary/aromatic N) is 5. The van der Waals surface area contributed by atoms with Gasteiger partial charge in [0.1, 0.15) is 10.6 Å². The second-order valence-corrected chi connectivity index (χ2v) is 11.3. The van der Waals surface area contributed by atoms with E-state index < -0.39 is 10.0 Å². The van der Waals surface area contributed by atoms with Crippen molar-refractivity contribution in [2.24, 2.45) is 7.05 Å². The third kappa shape index (κ3) is 5.74. The molecule has 1 fully saturated rings. The maximum atomic E-state index is 13.1. The fourth-order valence-corrected chi connectivity index (χ4v) is 5.71. The Bertz CT molecular complexity index is 1560. The van der Waals surface area contributed by atoms with Gasteiger partial charge in [-0.25, -0.2) is 18.1 Å². The quantitative estimate of drug-likeness (QED) is 0.340. The van der Waals surface area contributed by atoms with Gasteiger partial charge in [0.05, 0.1) is 11.9 Å². The summed E-state index contributed by atoms with van der Waals surface area (Å²) in [6.45, 7) is 9.85. The van der Waals surface area contributed by atoms with Crippen LogP contribution in [0, 0.1) is 13.8 Å². The van der Waals surface area contributed by atoms with Crippen LogP contribution in [0.4, 0.5) is 11.6 Å². The van der Waals surface area contributed by atoms with E-state index in [1.165, 1.54) is 17.1 Å². The Morgan fingerprint density at radius 2 is 1.72 bits per heavy atom. The van der Waals surface area contributed by atoms with Crippen LogP contribution in [0.1, 0.15) is 23.6 Å². The van der Waals surface area contributed by atoms with Crippen LogP contribution in [0.3, 0.4) is 0 Å². The molecule has 0 atom stereocenters. The Labute approximate surface area is 229 Å². The van der Waals surface area contributed by atoms with E-state index in [4.69, 9.17) is 9.72 Å². The fourth-order valence-electron chi connectivity index (χ4n) is 4.78. The van der Waals surface area contributed by atoms with E-state index in [9.17, 15) is 8.42 Å². The molecule has 0 amide bonds. The monoisotopic (exact) mass is 547 g/mol. The first-order valence-corrected chi connectivity index (χ1v) is 14.5. The van der Waals surface area contributed by atoms with Crippen molar-refractivity contribution in [2.75, 3.05) is 35.8 Å². The van der Waals surface area contributed by atoms with E-state index in [1.54, 1.807) is 7.05 Å². The summed E-state index contributed by atoms with van der Waals surface area (Å²) in [4.78, 5) is 11.6. The van der Waals surface area contributed by atoms with Gasteiger partial charge in [0.25, 0.3) is 10.0 Å². The molecule has 0 radical (unpaired) electrons. The van der Waals surface area contributed by atoms with E-state index in [2.05, 4.69) is 25.0 Å². The van der Waals surface area contributed by atoms with Crippen LogP contribution in [-0.4, -0.2) is 54.3 Å². The number of anilines is 2. The van der Waals surface area contributed by atoms with Gasteiger partial charge in [-0.05, 0) is 55.7 Å². The first-order chi connectivity index (χ1) is 18.7. The molecule has 1 aliphatic rings. The normalized spacial score (nSPS) is 13.9. The lowest BCUT2D eigenvalue weighted by atomic mass is 9.96. The number of nitrogens with one attached hydrogen (secondary N) is 2. The van der Waals surface area contributed by atoms with Gasteiger partial charge in [-0.3, -0.25) is 4.68 Å². The third-order valence-corrected chi connectivity index (χ3v) is 8.07. The highest BCUT2D eigenvalue weighted by atomic mass is 32.2. The molecular formula is C28H33N7O3S. The van der Waals surface area contributed by atoms with Crippen molar-refractivity contribution in [1.29, 1.82) is 0 Å². The number of hydrogen-bond acceptors (Lipinski definition) is 8. The van der Waals surface area contributed by atoms with Crippen LogP contribution in [0.15, 0.2) is 59.8 Å². The summed E-state index contributed by atoms with van der Waals surface area (Å²) in [5.74, 6) is 0.848. The highest BCUT2D eigenvalue weighted by Crippen LogP contribution is 2.36. The van der Waals surface area contributed by atoms with Gasteiger partial charge in [-0.15, -0.1) is 0 Å². The highest BCUT2D eigenvalue weighted by Gasteiger charge is 2.23. The molecule has 0 aliphatic carbocycles.